The van der Waals surface area contributed by atoms with Crippen LogP contribution in [0.5, 0.6) is 0 Å². The number of primary amides is 1. The number of anilines is 1. The van der Waals surface area contributed by atoms with E-state index in [1.54, 1.807) is 23.1 Å². The third-order valence-electron chi connectivity index (χ3n) is 5.61. The van der Waals surface area contributed by atoms with Crippen LogP contribution in [0.15, 0.2) is 72.8 Å². The van der Waals surface area contributed by atoms with Crippen molar-refractivity contribution in [2.75, 3.05) is 4.90 Å². The van der Waals surface area contributed by atoms with Gasteiger partial charge in [-0.15, -0.1) is 0 Å². The zero-order valence-electron chi connectivity index (χ0n) is 18.4. The number of hydrogen-bond donors (Lipinski definition) is 1. The molecule has 0 radical (unpaired) electrons. The number of para-hydroxylation sites is 1. The highest BCUT2D eigenvalue weighted by atomic mass is 35.5. The van der Waals surface area contributed by atoms with Gasteiger partial charge >= 0.3 is 0 Å². The summed E-state index contributed by atoms with van der Waals surface area (Å²) in [6.45, 7) is 6.68. The molecule has 0 bridgehead atoms. The van der Waals surface area contributed by atoms with E-state index in [1.165, 1.54) is 0 Å². The Labute approximate surface area is 193 Å². The minimum absolute atomic E-state index is 0.0597. The van der Waals surface area contributed by atoms with E-state index in [0.29, 0.717) is 22.7 Å². The minimum atomic E-state index is -0.488. The van der Waals surface area contributed by atoms with Crippen molar-refractivity contribution in [1.29, 1.82) is 0 Å². The average Bonchev–Trinajstić information content (AvgIpc) is 3.01. The molecule has 2 amide bonds. The van der Waals surface area contributed by atoms with E-state index in [9.17, 15) is 9.59 Å². The van der Waals surface area contributed by atoms with Crippen LogP contribution in [-0.4, -0.2) is 11.8 Å². The number of halogens is 1. The van der Waals surface area contributed by atoms with Gasteiger partial charge in [0.1, 0.15) is 0 Å². The maximum atomic E-state index is 13.9. The Balaban J connectivity index is 1.87. The molecule has 4 nitrogen and oxygen atoms in total. The summed E-state index contributed by atoms with van der Waals surface area (Å²) in [5.41, 5.74) is 10.8. The lowest BCUT2D eigenvalue weighted by Gasteiger charge is -2.26. The molecule has 0 fully saturated rings. The highest BCUT2D eigenvalue weighted by Crippen LogP contribution is 2.47. The Morgan fingerprint density at radius 3 is 2.28 bits per heavy atom. The van der Waals surface area contributed by atoms with Crippen LogP contribution in [0.3, 0.4) is 0 Å². The van der Waals surface area contributed by atoms with Gasteiger partial charge in [-0.1, -0.05) is 74.8 Å². The highest BCUT2D eigenvalue weighted by molar-refractivity contribution is 6.38. The average molecular weight is 445 g/mol. The second-order valence-electron chi connectivity index (χ2n) is 8.98. The lowest BCUT2D eigenvalue weighted by Crippen LogP contribution is -2.27. The molecule has 0 atom stereocenters. The standard InChI is InChI=1S/C27H25ClN2O2/c1-27(2,3)24(18-11-13-20(28)14-12-18)23-21-9-4-5-10-22(21)30(26(23)32)16-17-7-6-8-19(15-17)25(29)31/h4-15H,16H2,1-3H3,(H2,29,31)/b24-23-. The summed E-state index contributed by atoms with van der Waals surface area (Å²) in [7, 11) is 0. The van der Waals surface area contributed by atoms with Crippen LogP contribution in [0, 0.1) is 5.41 Å². The molecular weight excluding hydrogens is 420 g/mol. The first kappa shape index (κ1) is 21.8. The highest BCUT2D eigenvalue weighted by Gasteiger charge is 2.37. The van der Waals surface area contributed by atoms with Crippen LogP contribution >= 0.6 is 11.6 Å². The smallest absolute Gasteiger partial charge is 0.259 e. The summed E-state index contributed by atoms with van der Waals surface area (Å²) in [6, 6.07) is 22.6. The maximum absolute atomic E-state index is 13.9. The minimum Gasteiger partial charge on any atom is -0.366 e. The number of benzene rings is 3. The Hall–Kier alpha value is -3.37. The number of allylic oxidation sites excluding steroid dienone is 1. The second-order valence-corrected chi connectivity index (χ2v) is 9.42. The summed E-state index contributed by atoms with van der Waals surface area (Å²) in [4.78, 5) is 27.2. The van der Waals surface area contributed by atoms with Crippen molar-refractivity contribution in [1.82, 2.24) is 0 Å². The van der Waals surface area contributed by atoms with Crippen molar-refractivity contribution in [3.63, 3.8) is 0 Å². The zero-order chi connectivity index (χ0) is 23.0. The summed E-state index contributed by atoms with van der Waals surface area (Å²) >= 11 is 6.12. The van der Waals surface area contributed by atoms with Gasteiger partial charge in [0.25, 0.3) is 5.91 Å². The van der Waals surface area contributed by atoms with E-state index in [2.05, 4.69) is 20.8 Å². The van der Waals surface area contributed by atoms with Gasteiger partial charge in [-0.05, 0) is 52.4 Å². The molecule has 1 heterocycles. The normalized spacial score (nSPS) is 15.0. The van der Waals surface area contributed by atoms with Crippen molar-refractivity contribution in [3.8, 4) is 0 Å². The fraction of sp³-hybridized carbons (Fsp3) is 0.185. The number of hydrogen-bond acceptors (Lipinski definition) is 2. The summed E-state index contributed by atoms with van der Waals surface area (Å²) in [5.74, 6) is -0.547. The predicted molar refractivity (Wildman–Crippen MR) is 130 cm³/mol. The molecule has 3 aromatic rings. The fourth-order valence-corrected chi connectivity index (χ4v) is 4.38. The Morgan fingerprint density at radius 2 is 1.62 bits per heavy atom. The molecule has 32 heavy (non-hydrogen) atoms. The fourth-order valence-electron chi connectivity index (χ4n) is 4.25. The van der Waals surface area contributed by atoms with Gasteiger partial charge < -0.3 is 10.6 Å². The van der Waals surface area contributed by atoms with Gasteiger partial charge in [-0.3, -0.25) is 9.59 Å². The molecule has 1 aliphatic rings. The van der Waals surface area contributed by atoms with Crippen LogP contribution in [-0.2, 0) is 11.3 Å². The third-order valence-corrected chi connectivity index (χ3v) is 5.86. The number of fused-ring (bicyclic) bond motifs is 1. The van der Waals surface area contributed by atoms with E-state index in [4.69, 9.17) is 17.3 Å². The zero-order valence-corrected chi connectivity index (χ0v) is 19.1. The van der Waals surface area contributed by atoms with Gasteiger partial charge in [0, 0.05) is 16.1 Å². The molecule has 4 rings (SSSR count). The van der Waals surface area contributed by atoms with Gasteiger partial charge in [0.15, 0.2) is 0 Å². The van der Waals surface area contributed by atoms with E-state index >= 15 is 0 Å². The molecule has 1 aliphatic heterocycles. The molecule has 0 unspecified atom stereocenters. The van der Waals surface area contributed by atoms with E-state index in [0.717, 1.165) is 28.0 Å². The van der Waals surface area contributed by atoms with Crippen molar-refractivity contribution in [3.05, 3.63) is 100 Å². The van der Waals surface area contributed by atoms with E-state index in [-0.39, 0.29) is 11.3 Å². The number of rotatable bonds is 4. The lowest BCUT2D eigenvalue weighted by molar-refractivity contribution is -0.113. The SMILES string of the molecule is CC(C)(C)/C(=C1\C(=O)N(Cc2cccc(C(N)=O)c2)c2ccccc21)c1ccc(Cl)cc1. The molecule has 3 aromatic carbocycles. The van der Waals surface area contributed by atoms with Crippen molar-refractivity contribution in [2.45, 2.75) is 27.3 Å². The quantitative estimate of drug-likeness (QED) is 0.506. The van der Waals surface area contributed by atoms with Crippen molar-refractivity contribution in [2.24, 2.45) is 11.1 Å². The van der Waals surface area contributed by atoms with Gasteiger partial charge in [-0.2, -0.15) is 0 Å². The lowest BCUT2D eigenvalue weighted by atomic mass is 9.78. The predicted octanol–water partition coefficient (Wildman–Crippen LogP) is 5.94. The molecule has 0 saturated heterocycles. The molecule has 0 spiro atoms. The first-order chi connectivity index (χ1) is 15.2. The summed E-state index contributed by atoms with van der Waals surface area (Å²) in [5, 5.41) is 0.654. The van der Waals surface area contributed by atoms with Crippen LogP contribution < -0.4 is 10.6 Å². The number of nitrogens with two attached hydrogens (primary N) is 1. The van der Waals surface area contributed by atoms with Gasteiger partial charge in [-0.25, -0.2) is 0 Å². The first-order valence-corrected chi connectivity index (χ1v) is 10.9. The van der Waals surface area contributed by atoms with Crippen LogP contribution in [0.1, 0.15) is 47.8 Å². The maximum Gasteiger partial charge on any atom is 0.259 e. The third kappa shape index (κ3) is 4.06. The summed E-state index contributed by atoms with van der Waals surface area (Å²) in [6.07, 6.45) is 0. The number of carbonyl (C=O) groups excluding carboxylic acids is 2. The molecule has 0 aliphatic carbocycles. The topological polar surface area (TPSA) is 63.4 Å². The van der Waals surface area contributed by atoms with Crippen LogP contribution in [0.4, 0.5) is 5.69 Å². The van der Waals surface area contributed by atoms with Crippen molar-refractivity contribution >= 4 is 40.2 Å². The Bertz CT molecular complexity index is 1240. The van der Waals surface area contributed by atoms with Gasteiger partial charge in [0.05, 0.1) is 17.8 Å². The van der Waals surface area contributed by atoms with Gasteiger partial charge in [0.2, 0.25) is 5.91 Å². The Morgan fingerprint density at radius 1 is 0.938 bits per heavy atom. The molecule has 2 N–H and O–H groups in total. The van der Waals surface area contributed by atoms with E-state index < -0.39 is 5.91 Å². The molecule has 5 heteroatoms. The number of carbonyl (C=O) groups is 2. The van der Waals surface area contributed by atoms with Crippen molar-refractivity contribution < 1.29 is 9.59 Å². The molecule has 0 aromatic heterocycles. The number of amides is 2. The molecule has 0 saturated carbocycles. The largest absolute Gasteiger partial charge is 0.366 e. The second kappa shape index (κ2) is 8.29. The first-order valence-electron chi connectivity index (χ1n) is 10.5. The van der Waals surface area contributed by atoms with Crippen LogP contribution in [0.2, 0.25) is 5.02 Å². The number of nitrogens with zero attached hydrogens (tertiary/aromatic N) is 1. The van der Waals surface area contributed by atoms with Crippen LogP contribution in [0.25, 0.3) is 11.1 Å². The summed E-state index contributed by atoms with van der Waals surface area (Å²) < 4.78 is 0. The Kier molecular flexibility index (Phi) is 5.66. The molecule has 162 valence electrons. The molecular formula is C27H25ClN2O2. The monoisotopic (exact) mass is 444 g/mol. The van der Waals surface area contributed by atoms with E-state index in [1.807, 2.05) is 54.6 Å².